The Morgan fingerprint density at radius 1 is 0.500 bits per heavy atom. The molecule has 1 aromatic rings. The van der Waals surface area contributed by atoms with Crippen LogP contribution >= 0.6 is 0 Å². The summed E-state index contributed by atoms with van der Waals surface area (Å²) in [6, 6.07) is 9.85. The summed E-state index contributed by atoms with van der Waals surface area (Å²) < 4.78 is 11.4. The van der Waals surface area contributed by atoms with E-state index >= 15 is 0 Å². The van der Waals surface area contributed by atoms with Crippen LogP contribution in [0.1, 0.15) is 219 Å². The molecule has 5 nitrogen and oxygen atoms in total. The van der Waals surface area contributed by atoms with Gasteiger partial charge in [-0.1, -0.05) is 185 Å². The first kappa shape index (κ1) is 49.5. The maximum atomic E-state index is 12.7. The Morgan fingerprint density at radius 3 is 1.30 bits per heavy atom. The second kappa shape index (κ2) is 40.1. The second-order valence-corrected chi connectivity index (χ2v) is 15.6. The van der Waals surface area contributed by atoms with Gasteiger partial charge in [-0.2, -0.15) is 0 Å². The van der Waals surface area contributed by atoms with Gasteiger partial charge in [0.05, 0.1) is 6.54 Å². The molecule has 0 amide bonds. The van der Waals surface area contributed by atoms with Gasteiger partial charge in [-0.15, -0.1) is 0 Å². The van der Waals surface area contributed by atoms with Crippen molar-refractivity contribution in [2.45, 2.75) is 225 Å². The van der Waals surface area contributed by atoms with Crippen LogP contribution in [0, 0.1) is 0 Å². The van der Waals surface area contributed by atoms with Crippen LogP contribution in [-0.2, 0) is 19.1 Å². The molecule has 0 spiro atoms. The van der Waals surface area contributed by atoms with Gasteiger partial charge in [-0.05, 0) is 76.3 Å². The Kier molecular flexibility index (Phi) is 36.7. The smallest absolute Gasteiger partial charge is 0.306 e. The molecule has 54 heavy (non-hydrogen) atoms. The van der Waals surface area contributed by atoms with Crippen molar-refractivity contribution in [3.05, 3.63) is 54.6 Å². The number of benzene rings is 1. The molecule has 0 heterocycles. The predicted octanol–water partition coefficient (Wildman–Crippen LogP) is 15.2. The van der Waals surface area contributed by atoms with Crippen molar-refractivity contribution in [2.75, 3.05) is 18.5 Å². The fraction of sp³-hybridized carbons (Fsp3) is 0.755. The molecule has 1 N–H and O–H groups in total. The number of anilines is 1. The van der Waals surface area contributed by atoms with Gasteiger partial charge in [0.15, 0.2) is 6.10 Å². The number of ether oxygens (including phenoxy) is 2. The lowest BCUT2D eigenvalue weighted by molar-refractivity contribution is -0.158. The minimum atomic E-state index is -0.514. The standard InChI is InChI=1S/C49H85NO4/c1-3-5-7-9-11-13-15-17-19-21-23-25-27-29-31-33-38-42-48(51)53-45-47(44-50-46-40-36-35-37-41-46)54-49(52)43-39-34-32-30-28-26-24-22-20-18-16-14-12-10-8-6-4-2/h23-26,35-37,40-41,47,50H,3-22,27-34,38-39,42-45H2,1-2H3/b25-23+,26-24+. The lowest BCUT2D eigenvalue weighted by Crippen LogP contribution is -2.31. The average Bonchev–Trinajstić information content (AvgIpc) is 3.18. The van der Waals surface area contributed by atoms with Gasteiger partial charge in [0, 0.05) is 18.5 Å². The zero-order valence-corrected chi connectivity index (χ0v) is 35.4. The van der Waals surface area contributed by atoms with Crippen LogP contribution < -0.4 is 5.32 Å². The summed E-state index contributed by atoms with van der Waals surface area (Å²) >= 11 is 0. The topological polar surface area (TPSA) is 64.6 Å². The lowest BCUT2D eigenvalue weighted by Gasteiger charge is -2.19. The molecular weight excluding hydrogens is 667 g/mol. The van der Waals surface area contributed by atoms with Crippen LogP contribution in [0.4, 0.5) is 5.69 Å². The van der Waals surface area contributed by atoms with Gasteiger partial charge in [0.1, 0.15) is 6.61 Å². The Labute approximate surface area is 334 Å². The quantitative estimate of drug-likeness (QED) is 0.0411. The summed E-state index contributed by atoms with van der Waals surface area (Å²) in [7, 11) is 0. The molecular formula is C49H85NO4. The summed E-state index contributed by atoms with van der Waals surface area (Å²) in [6.45, 7) is 5.04. The molecule has 0 radical (unpaired) electrons. The van der Waals surface area contributed by atoms with Crippen molar-refractivity contribution in [3.8, 4) is 0 Å². The van der Waals surface area contributed by atoms with Crippen molar-refractivity contribution in [2.24, 2.45) is 0 Å². The maximum Gasteiger partial charge on any atom is 0.306 e. The molecule has 1 rings (SSSR count). The Bertz CT molecular complexity index is 1010. The Hall–Kier alpha value is -2.56. The van der Waals surface area contributed by atoms with E-state index in [9.17, 15) is 9.59 Å². The van der Waals surface area contributed by atoms with E-state index in [1.54, 1.807) is 0 Å². The fourth-order valence-corrected chi connectivity index (χ4v) is 6.81. The van der Waals surface area contributed by atoms with Crippen molar-refractivity contribution in [1.82, 2.24) is 0 Å². The number of rotatable bonds is 40. The first-order valence-electron chi connectivity index (χ1n) is 23.1. The number of nitrogens with one attached hydrogen (secondary N) is 1. The number of allylic oxidation sites excluding steroid dienone is 4. The number of hydrogen-bond acceptors (Lipinski definition) is 5. The SMILES string of the molecule is CCCCCCCCCCC/C=C/CCCCCCC(=O)OCC(CNc1ccccc1)OC(=O)CCCCCC/C=C/CCCCCCCCCCC. The molecule has 0 aliphatic carbocycles. The summed E-state index contributed by atoms with van der Waals surface area (Å²) in [5, 5.41) is 3.32. The van der Waals surface area contributed by atoms with E-state index < -0.39 is 6.10 Å². The summed E-state index contributed by atoms with van der Waals surface area (Å²) in [4.78, 5) is 25.2. The van der Waals surface area contributed by atoms with E-state index in [0.717, 1.165) is 57.1 Å². The van der Waals surface area contributed by atoms with Crippen LogP contribution in [-0.4, -0.2) is 31.2 Å². The fourth-order valence-electron chi connectivity index (χ4n) is 6.81. The second-order valence-electron chi connectivity index (χ2n) is 15.6. The largest absolute Gasteiger partial charge is 0.462 e. The summed E-state index contributed by atoms with van der Waals surface area (Å²) in [5.41, 5.74) is 0.949. The first-order valence-corrected chi connectivity index (χ1v) is 23.1. The molecule has 1 unspecified atom stereocenters. The highest BCUT2D eigenvalue weighted by Gasteiger charge is 2.17. The molecule has 1 aromatic carbocycles. The number of hydrogen-bond donors (Lipinski definition) is 1. The molecule has 5 heteroatoms. The first-order chi connectivity index (χ1) is 26.7. The molecule has 0 aliphatic rings. The molecule has 0 aromatic heterocycles. The van der Waals surface area contributed by atoms with E-state index in [-0.39, 0.29) is 18.5 Å². The predicted molar refractivity (Wildman–Crippen MR) is 233 cm³/mol. The molecule has 0 fully saturated rings. The third-order valence-corrected chi connectivity index (χ3v) is 10.3. The van der Waals surface area contributed by atoms with E-state index in [2.05, 4.69) is 43.5 Å². The van der Waals surface area contributed by atoms with Gasteiger partial charge in [0.2, 0.25) is 0 Å². The molecule has 0 saturated carbocycles. The normalized spacial score (nSPS) is 12.1. The van der Waals surface area contributed by atoms with Gasteiger partial charge >= 0.3 is 11.9 Å². The van der Waals surface area contributed by atoms with Gasteiger partial charge in [-0.25, -0.2) is 0 Å². The maximum absolute atomic E-state index is 12.7. The van der Waals surface area contributed by atoms with Crippen molar-refractivity contribution in [3.63, 3.8) is 0 Å². The molecule has 0 aliphatic heterocycles. The number of unbranched alkanes of at least 4 members (excludes halogenated alkanes) is 26. The van der Waals surface area contributed by atoms with E-state index in [4.69, 9.17) is 9.47 Å². The minimum Gasteiger partial charge on any atom is -0.462 e. The summed E-state index contributed by atoms with van der Waals surface area (Å²) in [6.07, 6.45) is 47.5. The highest BCUT2D eigenvalue weighted by Crippen LogP contribution is 2.14. The van der Waals surface area contributed by atoms with Crippen molar-refractivity contribution >= 4 is 17.6 Å². The Balaban J connectivity index is 2.12. The van der Waals surface area contributed by atoms with E-state index in [1.807, 2.05) is 30.3 Å². The number of carbonyl (C=O) groups is 2. The monoisotopic (exact) mass is 752 g/mol. The highest BCUT2D eigenvalue weighted by molar-refractivity contribution is 5.70. The van der Waals surface area contributed by atoms with Crippen molar-refractivity contribution < 1.29 is 19.1 Å². The van der Waals surface area contributed by atoms with Crippen LogP contribution in [0.2, 0.25) is 0 Å². The highest BCUT2D eigenvalue weighted by atomic mass is 16.6. The van der Waals surface area contributed by atoms with Gasteiger partial charge < -0.3 is 14.8 Å². The molecule has 310 valence electrons. The zero-order chi connectivity index (χ0) is 38.8. The summed E-state index contributed by atoms with van der Waals surface area (Å²) in [5.74, 6) is -0.423. The van der Waals surface area contributed by atoms with Crippen LogP contribution in [0.25, 0.3) is 0 Å². The average molecular weight is 752 g/mol. The molecule has 0 saturated heterocycles. The van der Waals surface area contributed by atoms with Gasteiger partial charge in [0.25, 0.3) is 0 Å². The van der Waals surface area contributed by atoms with E-state index in [0.29, 0.717) is 19.4 Å². The Morgan fingerprint density at radius 2 is 0.870 bits per heavy atom. The minimum absolute atomic E-state index is 0.0829. The van der Waals surface area contributed by atoms with Crippen LogP contribution in [0.5, 0.6) is 0 Å². The van der Waals surface area contributed by atoms with E-state index in [1.165, 1.54) is 141 Å². The zero-order valence-electron chi connectivity index (χ0n) is 35.4. The number of carbonyl (C=O) groups excluding carboxylic acids is 2. The number of para-hydroxylation sites is 1. The lowest BCUT2D eigenvalue weighted by atomic mass is 10.1. The molecule has 1 atom stereocenters. The molecule has 0 bridgehead atoms. The van der Waals surface area contributed by atoms with Crippen LogP contribution in [0.3, 0.4) is 0 Å². The third kappa shape index (κ3) is 35.2. The number of esters is 2. The van der Waals surface area contributed by atoms with Crippen molar-refractivity contribution in [1.29, 1.82) is 0 Å². The van der Waals surface area contributed by atoms with Gasteiger partial charge in [-0.3, -0.25) is 9.59 Å². The van der Waals surface area contributed by atoms with Crippen LogP contribution in [0.15, 0.2) is 54.6 Å². The third-order valence-electron chi connectivity index (χ3n) is 10.3.